The lowest BCUT2D eigenvalue weighted by Crippen LogP contribution is -2.53. The number of methoxy groups -OCH3 is 1. The first-order valence-corrected chi connectivity index (χ1v) is 11.0. The minimum Gasteiger partial charge on any atom is -0.411 e. The minimum absolute atomic E-state index is 0.144. The monoisotopic (exact) mass is 387 g/mol. The van der Waals surface area contributed by atoms with E-state index in [-0.39, 0.29) is 29.8 Å². The Labute approximate surface area is 167 Å². The number of rotatable bonds is 2. The molecule has 5 nitrogen and oxygen atoms in total. The highest BCUT2D eigenvalue weighted by molar-refractivity contribution is 5.96. The maximum absolute atomic E-state index is 10.2. The molecule has 3 fully saturated rings. The highest BCUT2D eigenvalue weighted by atomic mass is 16.7. The molecule has 154 valence electrons. The van der Waals surface area contributed by atoms with Gasteiger partial charge in [0.2, 0.25) is 0 Å². The van der Waals surface area contributed by atoms with Gasteiger partial charge >= 0.3 is 0 Å². The molecule has 0 amide bonds. The normalized spacial score (nSPS) is 51.1. The van der Waals surface area contributed by atoms with Gasteiger partial charge in [-0.05, 0) is 80.8 Å². The van der Waals surface area contributed by atoms with Crippen LogP contribution in [0.2, 0.25) is 0 Å². The fourth-order valence-electron chi connectivity index (χ4n) is 7.75. The Hall–Kier alpha value is -1.17. The lowest BCUT2D eigenvalue weighted by atomic mass is 9.49. The van der Waals surface area contributed by atoms with Crippen LogP contribution in [0.25, 0.3) is 0 Å². The van der Waals surface area contributed by atoms with E-state index in [0.29, 0.717) is 23.7 Å². The van der Waals surface area contributed by atoms with Crippen LogP contribution in [0.3, 0.4) is 0 Å². The summed E-state index contributed by atoms with van der Waals surface area (Å²) < 4.78 is 11.9. The first kappa shape index (κ1) is 18.8. The third-order valence-electron chi connectivity index (χ3n) is 9.12. The van der Waals surface area contributed by atoms with E-state index < -0.39 is 0 Å². The second-order valence-electron chi connectivity index (χ2n) is 9.90. The van der Waals surface area contributed by atoms with Crippen LogP contribution in [-0.2, 0) is 9.47 Å². The molecule has 0 saturated heterocycles. The molecule has 4 unspecified atom stereocenters. The third kappa shape index (κ3) is 2.45. The maximum atomic E-state index is 10.2. The molecule has 5 rings (SSSR count). The number of hydrogen-bond acceptors (Lipinski definition) is 5. The van der Waals surface area contributed by atoms with E-state index >= 15 is 0 Å². The molecule has 1 heterocycles. The van der Waals surface area contributed by atoms with Crippen LogP contribution in [0.4, 0.5) is 0 Å². The Balaban J connectivity index is 1.46. The molecule has 0 aromatic rings. The van der Waals surface area contributed by atoms with Gasteiger partial charge in [0.15, 0.2) is 6.29 Å². The van der Waals surface area contributed by atoms with Gasteiger partial charge in [0.05, 0.1) is 11.3 Å². The first-order valence-electron chi connectivity index (χ1n) is 11.0. The van der Waals surface area contributed by atoms with Crippen LogP contribution in [-0.4, -0.2) is 41.6 Å². The van der Waals surface area contributed by atoms with E-state index in [0.717, 1.165) is 31.4 Å². The highest BCUT2D eigenvalue weighted by Gasteiger charge is 2.64. The number of fused-ring (bicyclic) bond motifs is 6. The van der Waals surface area contributed by atoms with Crippen molar-refractivity contribution >= 4 is 5.71 Å². The minimum atomic E-state index is -0.214. The lowest BCUT2D eigenvalue weighted by molar-refractivity contribution is -0.191. The Morgan fingerprint density at radius 2 is 2.11 bits per heavy atom. The third-order valence-corrected chi connectivity index (χ3v) is 9.12. The van der Waals surface area contributed by atoms with Crippen molar-refractivity contribution in [1.29, 1.82) is 0 Å². The van der Waals surface area contributed by atoms with Gasteiger partial charge in [-0.1, -0.05) is 23.7 Å². The van der Waals surface area contributed by atoms with Crippen LogP contribution in [0.5, 0.6) is 0 Å². The maximum Gasteiger partial charge on any atom is 0.177 e. The standard InChI is InChI=1S/C23H33NO4/c1-22-8-5-17-16-4-3-15(24-26)12-18(16)14(13-25)11-19(17)20(22)6-9-23(22)10-7-21(27-2)28-23/h7,10,12,14,16-17,19-21,25-26H,3-6,8-9,11,13H2,1-2H3/b24-15+/t14-,16+,17?,19?,20?,21?,22-,23+/m0/s1. The fourth-order valence-corrected chi connectivity index (χ4v) is 7.75. The van der Waals surface area contributed by atoms with Gasteiger partial charge < -0.3 is 19.8 Å². The Morgan fingerprint density at radius 3 is 2.82 bits per heavy atom. The van der Waals surface area contributed by atoms with Crippen molar-refractivity contribution in [3.8, 4) is 0 Å². The molecule has 28 heavy (non-hydrogen) atoms. The zero-order valence-corrected chi connectivity index (χ0v) is 17.0. The van der Waals surface area contributed by atoms with Crippen molar-refractivity contribution in [3.05, 3.63) is 23.8 Å². The van der Waals surface area contributed by atoms with E-state index in [1.54, 1.807) is 7.11 Å². The van der Waals surface area contributed by atoms with Gasteiger partial charge in [0.1, 0.15) is 0 Å². The number of allylic oxidation sites excluding steroid dienone is 1. The summed E-state index contributed by atoms with van der Waals surface area (Å²) in [7, 11) is 1.72. The average Bonchev–Trinajstić information content (AvgIpc) is 3.29. The highest BCUT2D eigenvalue weighted by Crippen LogP contribution is 2.67. The largest absolute Gasteiger partial charge is 0.411 e. The molecule has 2 N–H and O–H groups in total. The van der Waals surface area contributed by atoms with Gasteiger partial charge in [-0.2, -0.15) is 0 Å². The SMILES string of the molecule is COC1C=C[C@@]2(CCC3C4C[C@@H](CO)C5=C/C(=N/O)CC[C@@H]5C4CC[C@@]32C)O1. The number of aliphatic hydroxyl groups is 1. The molecule has 5 heteroatoms. The molecular weight excluding hydrogens is 354 g/mol. The zero-order chi connectivity index (χ0) is 19.5. The van der Waals surface area contributed by atoms with Crippen LogP contribution < -0.4 is 0 Å². The number of oxime groups is 1. The quantitative estimate of drug-likeness (QED) is 0.428. The van der Waals surface area contributed by atoms with Gasteiger partial charge in [-0.25, -0.2) is 0 Å². The molecule has 5 aliphatic rings. The Morgan fingerprint density at radius 1 is 1.25 bits per heavy atom. The summed E-state index contributed by atoms with van der Waals surface area (Å²) in [5.74, 6) is 2.70. The van der Waals surface area contributed by atoms with Gasteiger partial charge in [-0.15, -0.1) is 0 Å². The summed E-state index contributed by atoms with van der Waals surface area (Å²) in [4.78, 5) is 0. The number of ether oxygens (including phenoxy) is 2. The summed E-state index contributed by atoms with van der Waals surface area (Å²) >= 11 is 0. The van der Waals surface area contributed by atoms with Crippen molar-refractivity contribution in [2.24, 2.45) is 40.2 Å². The summed E-state index contributed by atoms with van der Waals surface area (Å²) in [6.45, 7) is 2.64. The van der Waals surface area contributed by atoms with Crippen LogP contribution in [0.15, 0.2) is 29.0 Å². The first-order chi connectivity index (χ1) is 13.5. The topological polar surface area (TPSA) is 71.3 Å². The number of nitrogens with zero attached hydrogens (tertiary/aromatic N) is 1. The summed E-state index contributed by atoms with van der Waals surface area (Å²) in [6, 6.07) is 0. The summed E-state index contributed by atoms with van der Waals surface area (Å²) in [5, 5.41) is 22.9. The molecule has 3 saturated carbocycles. The van der Waals surface area contributed by atoms with Crippen molar-refractivity contribution in [1.82, 2.24) is 0 Å². The smallest absolute Gasteiger partial charge is 0.177 e. The van der Waals surface area contributed by atoms with E-state index in [9.17, 15) is 10.3 Å². The summed E-state index contributed by atoms with van der Waals surface area (Å²) in [5.41, 5.74) is 2.08. The average molecular weight is 388 g/mol. The van der Waals surface area contributed by atoms with Gasteiger partial charge in [0.25, 0.3) is 0 Å². The van der Waals surface area contributed by atoms with Crippen molar-refractivity contribution < 1.29 is 19.8 Å². The zero-order valence-electron chi connectivity index (χ0n) is 17.0. The van der Waals surface area contributed by atoms with Crippen LogP contribution in [0, 0.1) is 35.0 Å². The van der Waals surface area contributed by atoms with E-state index in [2.05, 4.69) is 30.3 Å². The van der Waals surface area contributed by atoms with Crippen molar-refractivity contribution in [2.45, 2.75) is 63.8 Å². The van der Waals surface area contributed by atoms with Crippen molar-refractivity contribution in [2.75, 3.05) is 13.7 Å². The van der Waals surface area contributed by atoms with Crippen molar-refractivity contribution in [3.63, 3.8) is 0 Å². The fraction of sp³-hybridized carbons (Fsp3) is 0.783. The molecule has 0 bridgehead atoms. The summed E-state index contributed by atoms with van der Waals surface area (Å²) in [6.07, 6.45) is 13.9. The molecule has 1 aliphatic heterocycles. The van der Waals surface area contributed by atoms with E-state index in [4.69, 9.17) is 9.47 Å². The molecule has 0 radical (unpaired) electrons. The van der Waals surface area contributed by atoms with E-state index in [1.807, 2.05) is 0 Å². The molecule has 4 aliphatic carbocycles. The van der Waals surface area contributed by atoms with Gasteiger partial charge in [-0.3, -0.25) is 0 Å². The number of aliphatic hydroxyl groups excluding tert-OH is 1. The van der Waals surface area contributed by atoms with Gasteiger partial charge in [0, 0.05) is 25.0 Å². The molecule has 8 atom stereocenters. The predicted octanol–water partition coefficient (Wildman–Crippen LogP) is 3.91. The molecule has 0 aromatic carbocycles. The molecular formula is C23H33NO4. The number of hydrogen-bond donors (Lipinski definition) is 2. The Kier molecular flexibility index (Phi) is 4.49. The molecule has 1 spiro atoms. The Bertz CT molecular complexity index is 730. The van der Waals surface area contributed by atoms with Crippen LogP contribution in [0.1, 0.15) is 51.9 Å². The predicted molar refractivity (Wildman–Crippen MR) is 106 cm³/mol. The van der Waals surface area contributed by atoms with Crippen LogP contribution >= 0.6 is 0 Å². The molecule has 0 aromatic heterocycles. The van der Waals surface area contributed by atoms with E-state index in [1.165, 1.54) is 24.8 Å². The second-order valence-corrected chi connectivity index (χ2v) is 9.90. The lowest BCUT2D eigenvalue weighted by Gasteiger charge is -2.57. The second kappa shape index (κ2) is 6.68.